The van der Waals surface area contributed by atoms with Crippen LogP contribution in [0.15, 0.2) is 0 Å². The number of rotatable bonds is 5. The lowest BCUT2D eigenvalue weighted by Gasteiger charge is -2.29. The maximum Gasteiger partial charge on any atom is 0.0576 e. The molecule has 2 saturated heterocycles. The van der Waals surface area contributed by atoms with Crippen LogP contribution >= 0.6 is 0 Å². The summed E-state index contributed by atoms with van der Waals surface area (Å²) in [4.78, 5) is 2.63. The molecule has 2 atom stereocenters. The van der Waals surface area contributed by atoms with Crippen molar-refractivity contribution in [2.75, 3.05) is 26.2 Å². The summed E-state index contributed by atoms with van der Waals surface area (Å²) in [6.45, 7) is 4.30. The van der Waals surface area contributed by atoms with Gasteiger partial charge in [0, 0.05) is 19.2 Å². The lowest BCUT2D eigenvalue weighted by Crippen LogP contribution is -2.40. The van der Waals surface area contributed by atoms with Crippen molar-refractivity contribution in [3.05, 3.63) is 0 Å². The first kappa shape index (κ1) is 13.3. The van der Waals surface area contributed by atoms with Gasteiger partial charge < -0.3 is 10.5 Å². The summed E-state index contributed by atoms with van der Waals surface area (Å²) < 4.78 is 5.68. The maximum atomic E-state index is 5.89. The van der Waals surface area contributed by atoms with Crippen molar-refractivity contribution >= 4 is 0 Å². The van der Waals surface area contributed by atoms with E-state index in [4.69, 9.17) is 10.5 Å². The minimum atomic E-state index is 0.554. The minimum absolute atomic E-state index is 0.554. The Kier molecular flexibility index (Phi) is 5.75. The third-order valence-corrected chi connectivity index (χ3v) is 4.27. The number of nitrogens with two attached hydrogens (primary N) is 1. The average molecular weight is 240 g/mol. The standard InChI is InChI=1S/C14H28N2O/c15-12-13-6-2-1-3-9-16(13)10-4-7-14-8-5-11-17-14/h13-14H,1-12,15H2. The van der Waals surface area contributed by atoms with Gasteiger partial charge in [0.15, 0.2) is 0 Å². The molecule has 0 aromatic carbocycles. The zero-order chi connectivity index (χ0) is 11.9. The Hall–Kier alpha value is -0.120. The van der Waals surface area contributed by atoms with Crippen LogP contribution in [0.5, 0.6) is 0 Å². The Morgan fingerprint density at radius 1 is 1.12 bits per heavy atom. The zero-order valence-electron chi connectivity index (χ0n) is 11.1. The first-order valence-corrected chi connectivity index (χ1v) is 7.46. The van der Waals surface area contributed by atoms with Crippen LogP contribution in [0.25, 0.3) is 0 Å². The van der Waals surface area contributed by atoms with Crippen molar-refractivity contribution in [1.29, 1.82) is 0 Å². The van der Waals surface area contributed by atoms with Gasteiger partial charge in [-0.1, -0.05) is 12.8 Å². The van der Waals surface area contributed by atoms with Gasteiger partial charge in [-0.3, -0.25) is 4.90 Å². The van der Waals surface area contributed by atoms with E-state index in [1.165, 1.54) is 64.5 Å². The second kappa shape index (κ2) is 7.34. The normalized spacial score (nSPS) is 31.6. The van der Waals surface area contributed by atoms with E-state index in [0.717, 1.165) is 13.2 Å². The zero-order valence-corrected chi connectivity index (χ0v) is 11.1. The highest BCUT2D eigenvalue weighted by atomic mass is 16.5. The van der Waals surface area contributed by atoms with Crippen LogP contribution in [-0.4, -0.2) is 43.3 Å². The fourth-order valence-corrected chi connectivity index (χ4v) is 3.19. The van der Waals surface area contributed by atoms with Gasteiger partial charge in [-0.25, -0.2) is 0 Å². The minimum Gasteiger partial charge on any atom is -0.378 e. The molecule has 0 aromatic rings. The summed E-state index contributed by atoms with van der Waals surface area (Å²) in [6, 6.07) is 0.641. The topological polar surface area (TPSA) is 38.5 Å². The van der Waals surface area contributed by atoms with Gasteiger partial charge in [0.25, 0.3) is 0 Å². The summed E-state index contributed by atoms with van der Waals surface area (Å²) in [6.07, 6.45) is 11.0. The second-order valence-electron chi connectivity index (χ2n) is 5.55. The van der Waals surface area contributed by atoms with Gasteiger partial charge in [0.05, 0.1) is 6.10 Å². The molecular weight excluding hydrogens is 212 g/mol. The number of hydrogen-bond donors (Lipinski definition) is 1. The van der Waals surface area contributed by atoms with Crippen LogP contribution in [0.2, 0.25) is 0 Å². The highest BCUT2D eigenvalue weighted by Crippen LogP contribution is 2.19. The van der Waals surface area contributed by atoms with Crippen molar-refractivity contribution < 1.29 is 4.74 Å². The van der Waals surface area contributed by atoms with Gasteiger partial charge >= 0.3 is 0 Å². The van der Waals surface area contributed by atoms with E-state index >= 15 is 0 Å². The Morgan fingerprint density at radius 3 is 2.82 bits per heavy atom. The predicted octanol–water partition coefficient (Wildman–Crippen LogP) is 2.15. The number of ether oxygens (including phenoxy) is 1. The SMILES string of the molecule is NCC1CCCCCN1CCCC1CCCO1. The Balaban J connectivity index is 1.67. The van der Waals surface area contributed by atoms with E-state index < -0.39 is 0 Å². The molecule has 3 heteroatoms. The summed E-state index contributed by atoms with van der Waals surface area (Å²) in [5.41, 5.74) is 5.89. The molecule has 0 aliphatic carbocycles. The van der Waals surface area contributed by atoms with Crippen molar-refractivity contribution in [2.45, 2.75) is 63.5 Å². The lowest BCUT2D eigenvalue weighted by molar-refractivity contribution is 0.0961. The van der Waals surface area contributed by atoms with Crippen molar-refractivity contribution in [3.63, 3.8) is 0 Å². The largest absolute Gasteiger partial charge is 0.378 e. The predicted molar refractivity (Wildman–Crippen MR) is 71.1 cm³/mol. The number of nitrogens with zero attached hydrogens (tertiary/aromatic N) is 1. The molecule has 2 heterocycles. The molecule has 3 nitrogen and oxygen atoms in total. The summed E-state index contributed by atoms with van der Waals surface area (Å²) in [5, 5.41) is 0. The smallest absolute Gasteiger partial charge is 0.0576 e. The van der Waals surface area contributed by atoms with Gasteiger partial charge in [-0.05, 0) is 51.6 Å². The molecule has 2 aliphatic heterocycles. The monoisotopic (exact) mass is 240 g/mol. The van der Waals surface area contributed by atoms with Crippen LogP contribution in [0.4, 0.5) is 0 Å². The molecule has 0 aromatic heterocycles. The van der Waals surface area contributed by atoms with Gasteiger partial charge in [-0.15, -0.1) is 0 Å². The highest BCUT2D eigenvalue weighted by molar-refractivity contribution is 4.76. The molecule has 2 rings (SSSR count). The van der Waals surface area contributed by atoms with Crippen molar-refractivity contribution in [3.8, 4) is 0 Å². The first-order chi connectivity index (χ1) is 8.40. The highest BCUT2D eigenvalue weighted by Gasteiger charge is 2.20. The van der Waals surface area contributed by atoms with E-state index in [0.29, 0.717) is 12.1 Å². The van der Waals surface area contributed by atoms with Crippen LogP contribution in [-0.2, 0) is 4.74 Å². The van der Waals surface area contributed by atoms with E-state index in [1.54, 1.807) is 0 Å². The Labute approximate surface area is 106 Å². The van der Waals surface area contributed by atoms with Gasteiger partial charge in [-0.2, -0.15) is 0 Å². The Bertz CT molecular complexity index is 204. The first-order valence-electron chi connectivity index (χ1n) is 7.46. The maximum absolute atomic E-state index is 5.89. The van der Waals surface area contributed by atoms with Gasteiger partial charge in [0.1, 0.15) is 0 Å². The summed E-state index contributed by atoms with van der Waals surface area (Å²) >= 11 is 0. The average Bonchev–Trinajstić information content (AvgIpc) is 2.75. The van der Waals surface area contributed by atoms with E-state index in [9.17, 15) is 0 Å². The molecule has 0 radical (unpaired) electrons. The van der Waals surface area contributed by atoms with Crippen LogP contribution in [0, 0.1) is 0 Å². The Morgan fingerprint density at radius 2 is 2.06 bits per heavy atom. The van der Waals surface area contributed by atoms with Crippen LogP contribution < -0.4 is 5.73 Å². The molecule has 0 spiro atoms. The molecule has 17 heavy (non-hydrogen) atoms. The molecule has 2 unspecified atom stereocenters. The molecule has 0 saturated carbocycles. The van der Waals surface area contributed by atoms with Crippen LogP contribution in [0.1, 0.15) is 51.4 Å². The van der Waals surface area contributed by atoms with Gasteiger partial charge in [0.2, 0.25) is 0 Å². The lowest BCUT2D eigenvalue weighted by atomic mass is 10.1. The summed E-state index contributed by atoms with van der Waals surface area (Å²) in [7, 11) is 0. The molecule has 0 bridgehead atoms. The van der Waals surface area contributed by atoms with E-state index in [-0.39, 0.29) is 0 Å². The third-order valence-electron chi connectivity index (χ3n) is 4.27. The van der Waals surface area contributed by atoms with E-state index in [1.807, 2.05) is 0 Å². The number of likely N-dealkylation sites (tertiary alicyclic amines) is 1. The van der Waals surface area contributed by atoms with Crippen LogP contribution in [0.3, 0.4) is 0 Å². The molecule has 0 amide bonds. The van der Waals surface area contributed by atoms with Crippen molar-refractivity contribution in [1.82, 2.24) is 4.90 Å². The second-order valence-corrected chi connectivity index (χ2v) is 5.55. The number of hydrogen-bond acceptors (Lipinski definition) is 3. The molecule has 2 aliphatic rings. The molecule has 2 fully saturated rings. The van der Waals surface area contributed by atoms with Crippen molar-refractivity contribution in [2.24, 2.45) is 5.73 Å². The molecule has 100 valence electrons. The summed E-state index contributed by atoms with van der Waals surface area (Å²) in [5.74, 6) is 0. The third kappa shape index (κ3) is 4.23. The molecule has 2 N–H and O–H groups in total. The fourth-order valence-electron chi connectivity index (χ4n) is 3.19. The molecular formula is C14H28N2O. The fraction of sp³-hybridized carbons (Fsp3) is 1.00. The quantitative estimate of drug-likeness (QED) is 0.800. The van der Waals surface area contributed by atoms with E-state index in [2.05, 4.69) is 4.90 Å².